The lowest BCUT2D eigenvalue weighted by molar-refractivity contribution is 0.304. The highest BCUT2D eigenvalue weighted by atomic mass is 16.5. The molecule has 0 aromatic carbocycles. The minimum atomic E-state index is 0.568. The van der Waals surface area contributed by atoms with E-state index in [4.69, 9.17) is 10.5 Å². The molecule has 0 radical (unpaired) electrons. The first-order chi connectivity index (χ1) is 7.27. The molecule has 1 aromatic rings. The quantitative estimate of drug-likeness (QED) is 0.747. The molecule has 0 bridgehead atoms. The zero-order valence-corrected chi connectivity index (χ0v) is 9.31. The largest absolute Gasteiger partial charge is 0.477 e. The molecule has 0 aliphatic carbocycles. The van der Waals surface area contributed by atoms with Crippen LogP contribution in [0.15, 0.2) is 12.4 Å². The van der Waals surface area contributed by atoms with Gasteiger partial charge in [0.15, 0.2) is 5.82 Å². The summed E-state index contributed by atoms with van der Waals surface area (Å²) in [6, 6.07) is 0. The van der Waals surface area contributed by atoms with Gasteiger partial charge in [-0.05, 0) is 6.42 Å². The van der Waals surface area contributed by atoms with E-state index in [1.165, 1.54) is 0 Å². The van der Waals surface area contributed by atoms with Crippen LogP contribution in [-0.4, -0.2) is 36.7 Å². The number of hydrogen-bond acceptors (Lipinski definition) is 5. The molecule has 0 unspecified atom stereocenters. The molecular formula is C10H18N4O. The van der Waals surface area contributed by atoms with Crippen molar-refractivity contribution in [1.82, 2.24) is 9.97 Å². The second-order valence-electron chi connectivity index (χ2n) is 3.27. The van der Waals surface area contributed by atoms with Gasteiger partial charge >= 0.3 is 0 Å². The molecule has 5 heteroatoms. The minimum absolute atomic E-state index is 0.568. The van der Waals surface area contributed by atoms with Crippen LogP contribution in [0.25, 0.3) is 0 Å². The Morgan fingerprint density at radius 1 is 1.47 bits per heavy atom. The third-order valence-corrected chi connectivity index (χ3v) is 1.91. The summed E-state index contributed by atoms with van der Waals surface area (Å²) in [4.78, 5) is 10.3. The van der Waals surface area contributed by atoms with Crippen LogP contribution in [-0.2, 0) is 0 Å². The average Bonchev–Trinajstić information content (AvgIpc) is 2.27. The van der Waals surface area contributed by atoms with Crippen molar-refractivity contribution in [3.05, 3.63) is 12.4 Å². The van der Waals surface area contributed by atoms with Crippen molar-refractivity contribution in [2.75, 3.05) is 31.6 Å². The highest BCUT2D eigenvalue weighted by Crippen LogP contribution is 2.12. The maximum absolute atomic E-state index is 5.46. The van der Waals surface area contributed by atoms with Crippen molar-refractivity contribution < 1.29 is 4.74 Å². The number of nitrogens with zero attached hydrogens (tertiary/aromatic N) is 3. The van der Waals surface area contributed by atoms with Gasteiger partial charge in [0.25, 0.3) is 0 Å². The van der Waals surface area contributed by atoms with Gasteiger partial charge in [0, 0.05) is 20.1 Å². The lowest BCUT2D eigenvalue weighted by Gasteiger charge is -2.16. The van der Waals surface area contributed by atoms with E-state index in [1.807, 2.05) is 11.9 Å². The third-order valence-electron chi connectivity index (χ3n) is 1.91. The second-order valence-corrected chi connectivity index (χ2v) is 3.27. The normalized spacial score (nSPS) is 10.1. The van der Waals surface area contributed by atoms with E-state index in [0.717, 1.165) is 18.8 Å². The molecule has 0 aliphatic rings. The summed E-state index contributed by atoms with van der Waals surface area (Å²) in [6.45, 7) is 4.07. The number of ether oxygens (including phenoxy) is 1. The van der Waals surface area contributed by atoms with Crippen LogP contribution in [0.5, 0.6) is 5.88 Å². The van der Waals surface area contributed by atoms with Gasteiger partial charge in [-0.3, -0.25) is 4.98 Å². The van der Waals surface area contributed by atoms with Gasteiger partial charge in [-0.2, -0.15) is 4.98 Å². The van der Waals surface area contributed by atoms with Gasteiger partial charge < -0.3 is 15.4 Å². The fourth-order valence-electron chi connectivity index (χ4n) is 1.11. The second kappa shape index (κ2) is 6.19. The first-order valence-electron chi connectivity index (χ1n) is 5.14. The Labute approximate surface area is 90.3 Å². The van der Waals surface area contributed by atoms with E-state index in [1.54, 1.807) is 12.4 Å². The van der Waals surface area contributed by atoms with E-state index >= 15 is 0 Å². The van der Waals surface area contributed by atoms with E-state index < -0.39 is 0 Å². The van der Waals surface area contributed by atoms with Crippen molar-refractivity contribution in [2.24, 2.45) is 5.73 Å². The number of likely N-dealkylation sites (N-methyl/N-ethyl adjacent to an activating group) is 1. The van der Waals surface area contributed by atoms with Gasteiger partial charge in [0.2, 0.25) is 5.88 Å². The summed E-state index contributed by atoms with van der Waals surface area (Å²) in [6.07, 6.45) is 4.29. The Kier molecular flexibility index (Phi) is 4.83. The summed E-state index contributed by atoms with van der Waals surface area (Å²) in [5.41, 5.74) is 5.46. The molecule has 2 N–H and O–H groups in total. The van der Waals surface area contributed by atoms with E-state index in [-0.39, 0.29) is 0 Å². The Morgan fingerprint density at radius 2 is 2.27 bits per heavy atom. The average molecular weight is 210 g/mol. The Bertz CT molecular complexity index is 293. The van der Waals surface area contributed by atoms with E-state index in [0.29, 0.717) is 19.0 Å². The van der Waals surface area contributed by atoms with E-state index in [2.05, 4.69) is 16.9 Å². The van der Waals surface area contributed by atoms with Crippen molar-refractivity contribution in [3.8, 4) is 5.88 Å². The van der Waals surface area contributed by atoms with Crippen molar-refractivity contribution in [2.45, 2.75) is 13.3 Å². The predicted molar refractivity (Wildman–Crippen MR) is 60.1 cm³/mol. The van der Waals surface area contributed by atoms with Crippen LogP contribution in [0.1, 0.15) is 13.3 Å². The zero-order chi connectivity index (χ0) is 11.1. The third kappa shape index (κ3) is 3.71. The number of nitrogens with two attached hydrogens (primary N) is 1. The molecule has 0 saturated heterocycles. The Balaban J connectivity index is 2.64. The highest BCUT2D eigenvalue weighted by Gasteiger charge is 2.03. The molecule has 0 aliphatic heterocycles. The van der Waals surface area contributed by atoms with Crippen LogP contribution in [0, 0.1) is 0 Å². The smallest absolute Gasteiger partial charge is 0.234 e. The maximum Gasteiger partial charge on any atom is 0.234 e. The fourth-order valence-corrected chi connectivity index (χ4v) is 1.11. The topological polar surface area (TPSA) is 64.3 Å². The molecule has 0 amide bonds. The lowest BCUT2D eigenvalue weighted by Crippen LogP contribution is -2.25. The summed E-state index contributed by atoms with van der Waals surface area (Å²) < 4.78 is 5.39. The van der Waals surface area contributed by atoms with E-state index in [9.17, 15) is 0 Å². The number of aromatic nitrogens is 2. The molecule has 5 nitrogen and oxygen atoms in total. The lowest BCUT2D eigenvalue weighted by atomic mass is 10.5. The van der Waals surface area contributed by atoms with Crippen LogP contribution in [0.3, 0.4) is 0 Å². The number of hydrogen-bond donors (Lipinski definition) is 1. The molecule has 84 valence electrons. The molecule has 1 rings (SSSR count). The van der Waals surface area contributed by atoms with Crippen LogP contribution in [0.2, 0.25) is 0 Å². The van der Waals surface area contributed by atoms with Crippen molar-refractivity contribution in [1.29, 1.82) is 0 Å². The molecule has 0 atom stereocenters. The molecule has 1 heterocycles. The molecule has 15 heavy (non-hydrogen) atoms. The van der Waals surface area contributed by atoms with Gasteiger partial charge in [0.1, 0.15) is 0 Å². The summed E-state index contributed by atoms with van der Waals surface area (Å²) in [5, 5.41) is 0. The van der Waals surface area contributed by atoms with Crippen molar-refractivity contribution >= 4 is 5.82 Å². The number of rotatable bonds is 6. The fraction of sp³-hybridized carbons (Fsp3) is 0.600. The monoisotopic (exact) mass is 210 g/mol. The van der Waals surface area contributed by atoms with Crippen LogP contribution < -0.4 is 15.4 Å². The standard InChI is InChI=1S/C10H18N4O/c1-3-6-15-10-8-12-7-9(13-10)14(2)5-4-11/h7-8H,3-6,11H2,1-2H3. The first-order valence-corrected chi connectivity index (χ1v) is 5.14. The molecular weight excluding hydrogens is 192 g/mol. The SMILES string of the molecule is CCCOc1cncc(N(C)CCN)n1. The van der Waals surface area contributed by atoms with Crippen LogP contribution in [0.4, 0.5) is 5.82 Å². The maximum atomic E-state index is 5.46. The Hall–Kier alpha value is -1.36. The zero-order valence-electron chi connectivity index (χ0n) is 9.31. The summed E-state index contributed by atoms with van der Waals surface area (Å²) >= 11 is 0. The van der Waals surface area contributed by atoms with Gasteiger partial charge in [-0.25, -0.2) is 0 Å². The highest BCUT2D eigenvalue weighted by molar-refractivity contribution is 5.36. The van der Waals surface area contributed by atoms with Gasteiger partial charge in [-0.15, -0.1) is 0 Å². The van der Waals surface area contributed by atoms with Gasteiger partial charge in [-0.1, -0.05) is 6.92 Å². The first kappa shape index (κ1) is 11.7. The minimum Gasteiger partial charge on any atom is -0.477 e. The molecule has 0 fully saturated rings. The van der Waals surface area contributed by atoms with Gasteiger partial charge in [0.05, 0.1) is 19.0 Å². The molecule has 1 aromatic heterocycles. The molecule has 0 saturated carbocycles. The number of anilines is 1. The predicted octanol–water partition coefficient (Wildman–Crippen LogP) is 0.660. The Morgan fingerprint density at radius 3 is 2.93 bits per heavy atom. The van der Waals surface area contributed by atoms with Crippen molar-refractivity contribution in [3.63, 3.8) is 0 Å². The van der Waals surface area contributed by atoms with Crippen LogP contribution >= 0.6 is 0 Å². The summed E-state index contributed by atoms with van der Waals surface area (Å²) in [5.74, 6) is 1.35. The molecule has 0 spiro atoms. The summed E-state index contributed by atoms with van der Waals surface area (Å²) in [7, 11) is 1.93.